The molecule has 2 N–H and O–H groups in total. The van der Waals surface area contributed by atoms with Crippen molar-refractivity contribution < 1.29 is 12.8 Å². The van der Waals surface area contributed by atoms with Crippen LogP contribution in [0.5, 0.6) is 0 Å². The third kappa shape index (κ3) is 5.26. The molecule has 0 bridgehead atoms. The Kier molecular flexibility index (Phi) is 7.18. The quantitative estimate of drug-likeness (QED) is 0.454. The fourth-order valence-electron chi connectivity index (χ4n) is 3.80. The highest BCUT2D eigenvalue weighted by Crippen LogP contribution is 2.37. The number of halogens is 1. The standard InChI is InChI=1S/C23H30FN5O2S/c1-14(2)20-10-18(24)11-21(17-7-8-26-22(9-17)25-6)23(20)27-16(5)28-32(30,31)19-12-29(13-19)15(3)4/h7-11,14-16,19,27-28H,12-13H2,1-5H3. The van der Waals surface area contributed by atoms with Gasteiger partial charge in [0.15, 0.2) is 0 Å². The summed E-state index contributed by atoms with van der Waals surface area (Å²) < 4.78 is 42.8. The van der Waals surface area contributed by atoms with Crippen LogP contribution in [0.1, 0.15) is 46.1 Å². The van der Waals surface area contributed by atoms with Crippen molar-refractivity contribution in [3.63, 3.8) is 0 Å². The van der Waals surface area contributed by atoms with Gasteiger partial charge < -0.3 is 10.2 Å². The Bertz CT molecular complexity index is 1120. The van der Waals surface area contributed by atoms with E-state index in [1.165, 1.54) is 18.3 Å². The highest BCUT2D eigenvalue weighted by Gasteiger charge is 2.38. The van der Waals surface area contributed by atoms with Crippen LogP contribution in [0.2, 0.25) is 0 Å². The van der Waals surface area contributed by atoms with Gasteiger partial charge in [-0.15, -0.1) is 4.98 Å². The van der Waals surface area contributed by atoms with Gasteiger partial charge in [0.05, 0.1) is 6.17 Å². The van der Waals surface area contributed by atoms with Crippen LogP contribution in [0.25, 0.3) is 16.0 Å². The highest BCUT2D eigenvalue weighted by molar-refractivity contribution is 7.90. The second-order valence-electron chi connectivity index (χ2n) is 8.79. The van der Waals surface area contributed by atoms with E-state index in [0.717, 1.165) is 5.56 Å². The maximum Gasteiger partial charge on any atom is 0.270 e. The van der Waals surface area contributed by atoms with Crippen molar-refractivity contribution in [1.82, 2.24) is 14.6 Å². The first-order valence-corrected chi connectivity index (χ1v) is 12.3. The van der Waals surface area contributed by atoms with Crippen molar-refractivity contribution in [2.45, 2.75) is 58.0 Å². The lowest BCUT2D eigenvalue weighted by molar-refractivity contribution is 0.141. The molecule has 1 aromatic heterocycles. The van der Waals surface area contributed by atoms with Crippen LogP contribution in [0.4, 0.5) is 15.9 Å². The molecule has 1 aliphatic rings. The number of benzene rings is 1. The van der Waals surface area contributed by atoms with Gasteiger partial charge in [-0.1, -0.05) is 20.4 Å². The summed E-state index contributed by atoms with van der Waals surface area (Å²) >= 11 is 0. The molecule has 1 unspecified atom stereocenters. The summed E-state index contributed by atoms with van der Waals surface area (Å²) in [6, 6.07) is 6.48. The normalized spacial score (nSPS) is 16.1. The minimum atomic E-state index is -3.52. The smallest absolute Gasteiger partial charge is 0.270 e. The lowest BCUT2D eigenvalue weighted by Crippen LogP contribution is -2.60. The number of hydrogen-bond acceptors (Lipinski definition) is 5. The molecule has 1 atom stereocenters. The van der Waals surface area contributed by atoms with Crippen LogP contribution in [-0.4, -0.2) is 48.8 Å². The Morgan fingerprint density at radius 1 is 1.19 bits per heavy atom. The molecule has 0 saturated carbocycles. The van der Waals surface area contributed by atoms with Gasteiger partial charge in [-0.3, -0.25) is 4.90 Å². The predicted molar refractivity (Wildman–Crippen MR) is 126 cm³/mol. The van der Waals surface area contributed by atoms with Crippen LogP contribution < -0.4 is 10.0 Å². The van der Waals surface area contributed by atoms with E-state index in [1.807, 2.05) is 27.7 Å². The summed E-state index contributed by atoms with van der Waals surface area (Å²) in [6.07, 6.45) is 0.896. The lowest BCUT2D eigenvalue weighted by Gasteiger charge is -2.41. The summed E-state index contributed by atoms with van der Waals surface area (Å²) in [5.74, 6) is -0.201. The lowest BCUT2D eigenvalue weighted by atomic mass is 9.94. The summed E-state index contributed by atoms with van der Waals surface area (Å²) in [7, 11) is -3.52. The Hall–Kier alpha value is -2.54. The van der Waals surface area contributed by atoms with Gasteiger partial charge in [-0.25, -0.2) is 12.8 Å². The molecule has 1 fully saturated rings. The molecule has 7 nitrogen and oxygen atoms in total. The summed E-state index contributed by atoms with van der Waals surface area (Å²) in [6.45, 7) is 17.9. The second-order valence-corrected chi connectivity index (χ2v) is 10.8. The SMILES string of the molecule is [C-]#[N+]c1cc(-c2cc(F)cc(C(C)C)c2NC(C)NS(=O)(=O)C2CN(C(C)C)C2)ccn1. The van der Waals surface area contributed by atoms with E-state index in [9.17, 15) is 12.8 Å². The minimum Gasteiger partial charge on any atom is -0.368 e. The molecule has 0 radical (unpaired) electrons. The van der Waals surface area contributed by atoms with Crippen molar-refractivity contribution in [3.05, 3.63) is 53.3 Å². The predicted octanol–water partition coefficient (Wildman–Crippen LogP) is 4.33. The van der Waals surface area contributed by atoms with Gasteiger partial charge in [0.2, 0.25) is 10.0 Å². The van der Waals surface area contributed by atoms with Crippen LogP contribution in [0.15, 0.2) is 30.5 Å². The first-order valence-electron chi connectivity index (χ1n) is 10.7. The van der Waals surface area contributed by atoms with E-state index >= 15 is 0 Å². The number of likely N-dealkylation sites (tertiary alicyclic amines) is 1. The molecule has 2 aromatic rings. The van der Waals surface area contributed by atoms with Gasteiger partial charge in [0.25, 0.3) is 5.82 Å². The maximum absolute atomic E-state index is 14.5. The van der Waals surface area contributed by atoms with Crippen molar-refractivity contribution in [3.8, 4) is 11.1 Å². The average molecular weight is 460 g/mol. The molecule has 1 saturated heterocycles. The van der Waals surface area contributed by atoms with Crippen molar-refractivity contribution >= 4 is 21.5 Å². The number of anilines is 1. The van der Waals surface area contributed by atoms with Crippen LogP contribution in [0, 0.1) is 12.4 Å². The van der Waals surface area contributed by atoms with E-state index in [1.54, 1.807) is 19.1 Å². The first kappa shape index (κ1) is 24.1. The van der Waals surface area contributed by atoms with Crippen LogP contribution >= 0.6 is 0 Å². The molecule has 0 spiro atoms. The minimum absolute atomic E-state index is 0.0100. The topological polar surface area (TPSA) is 78.7 Å². The maximum atomic E-state index is 14.5. The molecule has 2 heterocycles. The zero-order chi connectivity index (χ0) is 23.6. The van der Waals surface area contributed by atoms with Gasteiger partial charge in [0, 0.05) is 30.4 Å². The number of nitrogens with zero attached hydrogens (tertiary/aromatic N) is 3. The number of nitrogens with one attached hydrogen (secondary N) is 2. The monoisotopic (exact) mass is 459 g/mol. The van der Waals surface area contributed by atoms with Gasteiger partial charge >= 0.3 is 0 Å². The Morgan fingerprint density at radius 3 is 2.47 bits per heavy atom. The number of hydrogen-bond donors (Lipinski definition) is 2. The average Bonchev–Trinajstić information content (AvgIpc) is 2.66. The van der Waals surface area contributed by atoms with Gasteiger partial charge in [-0.05, 0) is 62.1 Å². The fourth-order valence-corrected chi connectivity index (χ4v) is 5.31. The molecule has 9 heteroatoms. The largest absolute Gasteiger partial charge is 0.368 e. The molecule has 3 rings (SSSR count). The van der Waals surface area contributed by atoms with Crippen LogP contribution in [0.3, 0.4) is 0 Å². The molecule has 0 amide bonds. The van der Waals surface area contributed by atoms with E-state index in [4.69, 9.17) is 6.57 Å². The molecule has 32 heavy (non-hydrogen) atoms. The fraction of sp³-hybridized carbons (Fsp3) is 0.478. The first-order chi connectivity index (χ1) is 15.0. The number of aromatic nitrogens is 1. The summed E-state index contributed by atoms with van der Waals surface area (Å²) in [5, 5.41) is 2.80. The summed E-state index contributed by atoms with van der Waals surface area (Å²) in [5.41, 5.74) is 2.55. The number of sulfonamides is 1. The van der Waals surface area contributed by atoms with Crippen molar-refractivity contribution in [2.75, 3.05) is 18.4 Å². The van der Waals surface area contributed by atoms with E-state index in [-0.39, 0.29) is 11.7 Å². The second kappa shape index (κ2) is 9.53. The summed E-state index contributed by atoms with van der Waals surface area (Å²) in [4.78, 5) is 9.46. The molecule has 172 valence electrons. The van der Waals surface area contributed by atoms with Crippen molar-refractivity contribution in [1.29, 1.82) is 0 Å². The zero-order valence-electron chi connectivity index (χ0n) is 19.1. The van der Waals surface area contributed by atoms with E-state index in [2.05, 4.69) is 24.8 Å². The van der Waals surface area contributed by atoms with Gasteiger partial charge in [0.1, 0.15) is 17.3 Å². The molecular formula is C23H30FN5O2S. The number of pyridine rings is 1. The van der Waals surface area contributed by atoms with Crippen molar-refractivity contribution in [2.24, 2.45) is 0 Å². The molecule has 0 aliphatic carbocycles. The van der Waals surface area contributed by atoms with E-state index in [0.29, 0.717) is 35.9 Å². The van der Waals surface area contributed by atoms with Gasteiger partial charge in [-0.2, -0.15) is 4.72 Å². The third-order valence-electron chi connectivity index (χ3n) is 5.67. The Labute approximate surface area is 189 Å². The molecule has 1 aromatic carbocycles. The zero-order valence-corrected chi connectivity index (χ0v) is 19.9. The molecule has 1 aliphatic heterocycles. The van der Waals surface area contributed by atoms with E-state index < -0.39 is 27.3 Å². The number of rotatable bonds is 8. The van der Waals surface area contributed by atoms with Crippen LogP contribution in [-0.2, 0) is 10.0 Å². The Morgan fingerprint density at radius 2 is 1.88 bits per heavy atom. The third-order valence-corrected chi connectivity index (χ3v) is 7.53. The molecular weight excluding hydrogens is 429 g/mol. The Balaban J connectivity index is 1.90. The highest BCUT2D eigenvalue weighted by atomic mass is 32.2.